The minimum atomic E-state index is -0.665. The molecule has 5 heteroatoms. The molecule has 94 valence electrons. The SMILES string of the molecule is COc1cccc(F)c1C(=O)N(C)CC(C)O. The van der Waals surface area contributed by atoms with Crippen molar-refractivity contribution in [2.75, 3.05) is 20.7 Å². The third-order valence-corrected chi connectivity index (χ3v) is 2.29. The molecule has 1 unspecified atom stereocenters. The number of amides is 1. The summed E-state index contributed by atoms with van der Waals surface area (Å²) in [5.74, 6) is -0.958. The lowest BCUT2D eigenvalue weighted by Gasteiger charge is -2.20. The van der Waals surface area contributed by atoms with Crippen molar-refractivity contribution < 1.29 is 19.0 Å². The Kier molecular flexibility index (Phi) is 4.45. The molecule has 17 heavy (non-hydrogen) atoms. The van der Waals surface area contributed by atoms with Crippen molar-refractivity contribution >= 4 is 5.91 Å². The molecular formula is C12H16FNO3. The number of rotatable bonds is 4. The number of aliphatic hydroxyl groups is 1. The van der Waals surface area contributed by atoms with E-state index in [2.05, 4.69) is 0 Å². The van der Waals surface area contributed by atoms with Gasteiger partial charge in [0.2, 0.25) is 0 Å². The van der Waals surface area contributed by atoms with Crippen LogP contribution < -0.4 is 4.74 Å². The molecule has 1 rings (SSSR count). The minimum Gasteiger partial charge on any atom is -0.496 e. The number of aliphatic hydroxyl groups excluding tert-OH is 1. The first-order chi connectivity index (χ1) is 7.97. The van der Waals surface area contributed by atoms with E-state index in [0.717, 1.165) is 0 Å². The number of halogens is 1. The molecular weight excluding hydrogens is 225 g/mol. The summed E-state index contributed by atoms with van der Waals surface area (Å²) in [6, 6.07) is 4.19. The number of likely N-dealkylation sites (N-methyl/N-ethyl adjacent to an activating group) is 1. The number of hydrogen-bond acceptors (Lipinski definition) is 3. The van der Waals surface area contributed by atoms with Gasteiger partial charge in [-0.15, -0.1) is 0 Å². The molecule has 0 spiro atoms. The molecule has 1 aromatic carbocycles. The van der Waals surface area contributed by atoms with E-state index in [1.54, 1.807) is 6.92 Å². The smallest absolute Gasteiger partial charge is 0.260 e. The highest BCUT2D eigenvalue weighted by molar-refractivity contribution is 5.97. The van der Waals surface area contributed by atoms with Crippen LogP contribution in [0.25, 0.3) is 0 Å². The fourth-order valence-corrected chi connectivity index (χ4v) is 1.55. The predicted octanol–water partition coefficient (Wildman–Crippen LogP) is 1.29. The third kappa shape index (κ3) is 3.17. The normalized spacial score (nSPS) is 12.1. The van der Waals surface area contributed by atoms with Gasteiger partial charge in [-0.1, -0.05) is 6.07 Å². The lowest BCUT2D eigenvalue weighted by molar-refractivity contribution is 0.0695. The van der Waals surface area contributed by atoms with Gasteiger partial charge < -0.3 is 14.7 Å². The van der Waals surface area contributed by atoms with Crippen LogP contribution in [0.4, 0.5) is 4.39 Å². The molecule has 0 aliphatic heterocycles. The molecule has 1 N–H and O–H groups in total. The van der Waals surface area contributed by atoms with Gasteiger partial charge in [0.1, 0.15) is 17.1 Å². The first-order valence-electron chi connectivity index (χ1n) is 5.23. The zero-order valence-corrected chi connectivity index (χ0v) is 10.1. The molecule has 0 saturated carbocycles. The van der Waals surface area contributed by atoms with Crippen molar-refractivity contribution in [3.8, 4) is 5.75 Å². The van der Waals surface area contributed by atoms with E-state index in [4.69, 9.17) is 4.74 Å². The molecule has 1 atom stereocenters. The Morgan fingerprint density at radius 2 is 2.24 bits per heavy atom. The number of benzene rings is 1. The fourth-order valence-electron chi connectivity index (χ4n) is 1.55. The van der Waals surface area contributed by atoms with E-state index in [0.29, 0.717) is 0 Å². The molecule has 0 fully saturated rings. The van der Waals surface area contributed by atoms with Crippen LogP contribution in [0.2, 0.25) is 0 Å². The van der Waals surface area contributed by atoms with Crippen LogP contribution >= 0.6 is 0 Å². The van der Waals surface area contributed by atoms with Crippen LogP contribution in [0.1, 0.15) is 17.3 Å². The van der Waals surface area contributed by atoms with E-state index in [9.17, 15) is 14.3 Å². The van der Waals surface area contributed by atoms with Gasteiger partial charge in [0.05, 0.1) is 13.2 Å². The van der Waals surface area contributed by atoms with E-state index >= 15 is 0 Å². The van der Waals surface area contributed by atoms with Crippen LogP contribution in [-0.4, -0.2) is 42.7 Å². The highest BCUT2D eigenvalue weighted by atomic mass is 19.1. The Hall–Kier alpha value is -1.62. The van der Waals surface area contributed by atoms with Crippen molar-refractivity contribution in [3.63, 3.8) is 0 Å². The summed E-state index contributed by atoms with van der Waals surface area (Å²) in [5.41, 5.74) is -0.113. The lowest BCUT2D eigenvalue weighted by atomic mass is 10.1. The van der Waals surface area contributed by atoms with Crippen molar-refractivity contribution in [1.82, 2.24) is 4.90 Å². The summed E-state index contributed by atoms with van der Waals surface area (Å²) >= 11 is 0. The van der Waals surface area contributed by atoms with Gasteiger partial charge >= 0.3 is 0 Å². The number of carbonyl (C=O) groups excluding carboxylic acids is 1. The summed E-state index contributed by atoms with van der Waals surface area (Å²) in [6.45, 7) is 1.69. The number of methoxy groups -OCH3 is 1. The number of nitrogens with zero attached hydrogens (tertiary/aromatic N) is 1. The van der Waals surface area contributed by atoms with E-state index in [-0.39, 0.29) is 17.9 Å². The fraction of sp³-hybridized carbons (Fsp3) is 0.417. The summed E-state index contributed by atoms with van der Waals surface area (Å²) < 4.78 is 18.5. The number of carbonyl (C=O) groups is 1. The summed E-state index contributed by atoms with van der Waals surface area (Å²) in [4.78, 5) is 13.2. The zero-order valence-electron chi connectivity index (χ0n) is 10.1. The Morgan fingerprint density at radius 3 is 2.76 bits per heavy atom. The summed E-state index contributed by atoms with van der Waals surface area (Å²) in [7, 11) is 2.88. The van der Waals surface area contributed by atoms with Gasteiger partial charge in [-0.3, -0.25) is 4.79 Å². The van der Waals surface area contributed by atoms with Crippen molar-refractivity contribution in [3.05, 3.63) is 29.6 Å². The number of ether oxygens (including phenoxy) is 1. The van der Waals surface area contributed by atoms with Crippen molar-refractivity contribution in [2.24, 2.45) is 0 Å². The van der Waals surface area contributed by atoms with Crippen LogP contribution in [0.5, 0.6) is 5.75 Å². The summed E-state index contributed by atoms with van der Waals surface area (Å²) in [6.07, 6.45) is -0.665. The van der Waals surface area contributed by atoms with Crippen LogP contribution in [0.15, 0.2) is 18.2 Å². The highest BCUT2D eigenvalue weighted by Gasteiger charge is 2.21. The highest BCUT2D eigenvalue weighted by Crippen LogP contribution is 2.22. The summed E-state index contributed by atoms with van der Waals surface area (Å²) in [5, 5.41) is 9.20. The maximum absolute atomic E-state index is 13.6. The Bertz CT molecular complexity index is 407. The third-order valence-electron chi connectivity index (χ3n) is 2.29. The Morgan fingerprint density at radius 1 is 1.59 bits per heavy atom. The molecule has 0 saturated heterocycles. The number of hydrogen-bond donors (Lipinski definition) is 1. The van der Waals surface area contributed by atoms with E-state index in [1.165, 1.54) is 37.3 Å². The first kappa shape index (κ1) is 13.4. The minimum absolute atomic E-state index is 0.113. The molecule has 0 aliphatic carbocycles. The average molecular weight is 241 g/mol. The lowest BCUT2D eigenvalue weighted by Crippen LogP contribution is -2.33. The van der Waals surface area contributed by atoms with E-state index < -0.39 is 17.8 Å². The molecule has 4 nitrogen and oxygen atoms in total. The molecule has 1 amide bonds. The molecule has 0 aliphatic rings. The topological polar surface area (TPSA) is 49.8 Å². The molecule has 0 bridgehead atoms. The molecule has 0 heterocycles. The van der Waals surface area contributed by atoms with Crippen LogP contribution in [0.3, 0.4) is 0 Å². The zero-order chi connectivity index (χ0) is 13.0. The van der Waals surface area contributed by atoms with Crippen molar-refractivity contribution in [2.45, 2.75) is 13.0 Å². The molecule has 0 aromatic heterocycles. The van der Waals surface area contributed by atoms with Gasteiger partial charge in [-0.25, -0.2) is 4.39 Å². The monoisotopic (exact) mass is 241 g/mol. The van der Waals surface area contributed by atoms with Gasteiger partial charge in [-0.2, -0.15) is 0 Å². The standard InChI is InChI=1S/C12H16FNO3/c1-8(15)7-14(2)12(16)11-9(13)5-4-6-10(11)17-3/h4-6,8,15H,7H2,1-3H3. The quantitative estimate of drug-likeness (QED) is 0.864. The van der Waals surface area contributed by atoms with Gasteiger partial charge in [-0.05, 0) is 19.1 Å². The van der Waals surface area contributed by atoms with Gasteiger partial charge in [0, 0.05) is 13.6 Å². The first-order valence-corrected chi connectivity index (χ1v) is 5.23. The second-order valence-electron chi connectivity index (χ2n) is 3.85. The molecule has 0 radical (unpaired) electrons. The second-order valence-corrected chi connectivity index (χ2v) is 3.85. The van der Waals surface area contributed by atoms with Crippen molar-refractivity contribution in [1.29, 1.82) is 0 Å². The second kappa shape index (κ2) is 5.63. The maximum Gasteiger partial charge on any atom is 0.260 e. The predicted molar refractivity (Wildman–Crippen MR) is 61.6 cm³/mol. The molecule has 1 aromatic rings. The Balaban J connectivity index is 3.03. The largest absolute Gasteiger partial charge is 0.496 e. The van der Waals surface area contributed by atoms with E-state index in [1.807, 2.05) is 0 Å². The average Bonchev–Trinajstić information content (AvgIpc) is 2.26. The van der Waals surface area contributed by atoms with Crippen LogP contribution in [0, 0.1) is 5.82 Å². The van der Waals surface area contributed by atoms with Gasteiger partial charge in [0.15, 0.2) is 0 Å². The maximum atomic E-state index is 13.6. The van der Waals surface area contributed by atoms with Crippen LogP contribution in [-0.2, 0) is 0 Å². The van der Waals surface area contributed by atoms with Gasteiger partial charge in [0.25, 0.3) is 5.91 Å². The Labute approximate surface area is 99.6 Å².